The van der Waals surface area contributed by atoms with Crippen molar-refractivity contribution in [3.05, 3.63) is 41.8 Å². The molecule has 3 N–H and O–H groups in total. The number of benzene rings is 1. The molecule has 5 heteroatoms. The Morgan fingerprint density at radius 1 is 1.32 bits per heavy atom. The van der Waals surface area contributed by atoms with Gasteiger partial charge in [0.05, 0.1) is 6.20 Å². The summed E-state index contributed by atoms with van der Waals surface area (Å²) in [6.45, 7) is 2.29. The van der Waals surface area contributed by atoms with Crippen LogP contribution in [-0.2, 0) is 0 Å². The first-order valence-electron chi connectivity index (χ1n) is 7.65. The quantitative estimate of drug-likeness (QED) is 0.821. The molecule has 0 fully saturated rings. The standard InChI is InChI=1S/C17H22FN3O/c1-2-3-5-12(8-9-22)13-6-4-7-14(10-13)16-15(18)11-20-17(19)21-16/h4,6-7,10-12,22H,2-3,5,8-9H2,1H3,(H2,19,20,21). The SMILES string of the molecule is CCCCC(CCO)c1cccc(-c2nc(N)ncc2F)c1. The zero-order valence-electron chi connectivity index (χ0n) is 12.8. The number of nitrogen functional groups attached to an aromatic ring is 1. The summed E-state index contributed by atoms with van der Waals surface area (Å²) < 4.78 is 13.9. The Balaban J connectivity index is 2.33. The zero-order chi connectivity index (χ0) is 15.9. The van der Waals surface area contributed by atoms with Crippen molar-refractivity contribution in [2.75, 3.05) is 12.3 Å². The van der Waals surface area contributed by atoms with Crippen LogP contribution in [0.5, 0.6) is 0 Å². The third-order valence-corrected chi connectivity index (χ3v) is 3.78. The third kappa shape index (κ3) is 4.01. The molecule has 1 atom stereocenters. The Morgan fingerprint density at radius 2 is 2.14 bits per heavy atom. The van der Waals surface area contributed by atoms with Gasteiger partial charge in [0.15, 0.2) is 5.82 Å². The number of rotatable bonds is 7. The van der Waals surface area contributed by atoms with E-state index in [-0.39, 0.29) is 24.2 Å². The Morgan fingerprint density at radius 3 is 2.86 bits per heavy atom. The molecule has 0 saturated carbocycles. The highest BCUT2D eigenvalue weighted by atomic mass is 19.1. The zero-order valence-corrected chi connectivity index (χ0v) is 12.8. The van der Waals surface area contributed by atoms with Gasteiger partial charge in [-0.05, 0) is 30.4 Å². The molecule has 1 aromatic heterocycles. The average Bonchev–Trinajstić information content (AvgIpc) is 2.54. The van der Waals surface area contributed by atoms with Crippen LogP contribution >= 0.6 is 0 Å². The Kier molecular flexibility index (Phi) is 5.83. The third-order valence-electron chi connectivity index (χ3n) is 3.78. The van der Waals surface area contributed by atoms with E-state index >= 15 is 0 Å². The van der Waals surface area contributed by atoms with E-state index in [1.54, 1.807) is 0 Å². The molecule has 0 aliphatic rings. The first kappa shape index (κ1) is 16.4. The second-order valence-corrected chi connectivity index (χ2v) is 5.40. The van der Waals surface area contributed by atoms with Crippen LogP contribution in [0.25, 0.3) is 11.3 Å². The van der Waals surface area contributed by atoms with Crippen molar-refractivity contribution in [1.82, 2.24) is 9.97 Å². The van der Waals surface area contributed by atoms with Crippen molar-refractivity contribution in [2.45, 2.75) is 38.5 Å². The molecular formula is C17H22FN3O. The number of hydrogen-bond donors (Lipinski definition) is 2. The van der Waals surface area contributed by atoms with E-state index in [0.29, 0.717) is 12.0 Å². The van der Waals surface area contributed by atoms with E-state index in [4.69, 9.17) is 5.73 Å². The summed E-state index contributed by atoms with van der Waals surface area (Å²) in [4.78, 5) is 7.64. The molecule has 118 valence electrons. The number of nitrogens with two attached hydrogens (primary N) is 1. The van der Waals surface area contributed by atoms with Crippen molar-refractivity contribution in [2.24, 2.45) is 0 Å². The first-order chi connectivity index (χ1) is 10.7. The van der Waals surface area contributed by atoms with Crippen LogP contribution in [0.15, 0.2) is 30.5 Å². The predicted molar refractivity (Wildman–Crippen MR) is 85.8 cm³/mol. The van der Waals surface area contributed by atoms with Gasteiger partial charge >= 0.3 is 0 Å². The number of anilines is 1. The summed E-state index contributed by atoms with van der Waals surface area (Å²) in [5, 5.41) is 9.27. The van der Waals surface area contributed by atoms with Gasteiger partial charge in [-0.2, -0.15) is 0 Å². The number of nitrogens with zero attached hydrogens (tertiary/aromatic N) is 2. The van der Waals surface area contributed by atoms with Gasteiger partial charge in [0.25, 0.3) is 0 Å². The summed E-state index contributed by atoms with van der Waals surface area (Å²) in [5.41, 5.74) is 7.55. The van der Waals surface area contributed by atoms with Crippen LogP contribution in [0.2, 0.25) is 0 Å². The average molecular weight is 303 g/mol. The lowest BCUT2D eigenvalue weighted by atomic mass is 9.89. The minimum absolute atomic E-state index is 0.0553. The molecule has 0 aliphatic heterocycles. The van der Waals surface area contributed by atoms with E-state index in [9.17, 15) is 9.50 Å². The van der Waals surface area contributed by atoms with Crippen molar-refractivity contribution < 1.29 is 9.50 Å². The molecule has 0 amide bonds. The fraction of sp³-hybridized carbons (Fsp3) is 0.412. The smallest absolute Gasteiger partial charge is 0.220 e. The van der Waals surface area contributed by atoms with E-state index in [1.807, 2.05) is 24.3 Å². The van der Waals surface area contributed by atoms with Gasteiger partial charge in [0.1, 0.15) is 5.69 Å². The second-order valence-electron chi connectivity index (χ2n) is 5.40. The summed E-state index contributed by atoms with van der Waals surface area (Å²) in [5.74, 6) is -0.162. The van der Waals surface area contributed by atoms with Crippen LogP contribution < -0.4 is 5.73 Å². The normalized spacial score (nSPS) is 12.3. The Bertz CT molecular complexity index is 619. The van der Waals surface area contributed by atoms with Gasteiger partial charge in [0.2, 0.25) is 5.95 Å². The summed E-state index contributed by atoms with van der Waals surface area (Å²) in [7, 11) is 0. The van der Waals surface area contributed by atoms with Crippen molar-refractivity contribution in [1.29, 1.82) is 0 Å². The van der Waals surface area contributed by atoms with Gasteiger partial charge in [-0.25, -0.2) is 14.4 Å². The topological polar surface area (TPSA) is 72.0 Å². The number of halogens is 1. The lowest BCUT2D eigenvalue weighted by Gasteiger charge is -2.17. The second kappa shape index (κ2) is 7.84. The molecule has 2 aromatic rings. The lowest BCUT2D eigenvalue weighted by Crippen LogP contribution is -2.03. The number of hydrogen-bond acceptors (Lipinski definition) is 4. The minimum Gasteiger partial charge on any atom is -0.396 e. The first-order valence-corrected chi connectivity index (χ1v) is 7.65. The van der Waals surface area contributed by atoms with Crippen molar-refractivity contribution in [3.8, 4) is 11.3 Å². The van der Waals surface area contributed by atoms with Crippen LogP contribution in [0.4, 0.5) is 10.3 Å². The number of aliphatic hydroxyl groups is 1. The summed E-state index contributed by atoms with van der Waals surface area (Å²) in [6.07, 6.45) is 5.02. The van der Waals surface area contributed by atoms with Crippen molar-refractivity contribution in [3.63, 3.8) is 0 Å². The highest BCUT2D eigenvalue weighted by molar-refractivity contribution is 5.61. The highest BCUT2D eigenvalue weighted by Crippen LogP contribution is 2.29. The molecule has 0 bridgehead atoms. The molecule has 1 heterocycles. The van der Waals surface area contributed by atoms with Crippen LogP contribution in [0.1, 0.15) is 44.1 Å². The van der Waals surface area contributed by atoms with Crippen molar-refractivity contribution >= 4 is 5.95 Å². The molecule has 0 aliphatic carbocycles. The Hall–Kier alpha value is -2.01. The number of aliphatic hydroxyl groups excluding tert-OH is 1. The maximum Gasteiger partial charge on any atom is 0.220 e. The maximum atomic E-state index is 13.9. The van der Waals surface area contributed by atoms with Crippen LogP contribution in [-0.4, -0.2) is 21.7 Å². The van der Waals surface area contributed by atoms with Crippen LogP contribution in [0, 0.1) is 5.82 Å². The van der Waals surface area contributed by atoms with E-state index < -0.39 is 5.82 Å². The van der Waals surface area contributed by atoms with Gasteiger partial charge in [-0.1, -0.05) is 38.0 Å². The fourth-order valence-electron chi connectivity index (χ4n) is 2.61. The van der Waals surface area contributed by atoms with E-state index in [2.05, 4.69) is 16.9 Å². The van der Waals surface area contributed by atoms with Gasteiger partial charge in [-0.3, -0.25) is 0 Å². The molecule has 0 saturated heterocycles. The van der Waals surface area contributed by atoms with E-state index in [1.165, 1.54) is 0 Å². The molecule has 0 spiro atoms. The molecular weight excluding hydrogens is 281 g/mol. The molecule has 1 unspecified atom stereocenters. The lowest BCUT2D eigenvalue weighted by molar-refractivity contribution is 0.271. The predicted octanol–water partition coefficient (Wildman–Crippen LogP) is 3.52. The number of unbranched alkanes of at least 4 members (excludes halogenated alkanes) is 1. The Labute approximate surface area is 130 Å². The summed E-state index contributed by atoms with van der Waals surface area (Å²) >= 11 is 0. The number of aromatic nitrogens is 2. The minimum atomic E-state index is -0.487. The van der Waals surface area contributed by atoms with Gasteiger partial charge in [-0.15, -0.1) is 0 Å². The van der Waals surface area contributed by atoms with E-state index in [0.717, 1.165) is 31.0 Å². The molecule has 0 radical (unpaired) electrons. The fourth-order valence-corrected chi connectivity index (χ4v) is 2.61. The monoisotopic (exact) mass is 303 g/mol. The maximum absolute atomic E-state index is 13.9. The molecule has 1 aromatic carbocycles. The van der Waals surface area contributed by atoms with Gasteiger partial charge in [0, 0.05) is 12.2 Å². The highest BCUT2D eigenvalue weighted by Gasteiger charge is 2.14. The molecule has 2 rings (SSSR count). The largest absolute Gasteiger partial charge is 0.396 e. The summed E-state index contributed by atoms with van der Waals surface area (Å²) in [6, 6.07) is 7.64. The molecule has 22 heavy (non-hydrogen) atoms. The molecule has 4 nitrogen and oxygen atoms in total. The van der Waals surface area contributed by atoms with Gasteiger partial charge < -0.3 is 10.8 Å². The van der Waals surface area contributed by atoms with Crippen LogP contribution in [0.3, 0.4) is 0 Å².